The third kappa shape index (κ3) is 5.91. The number of ether oxygens (including phenoxy) is 2. The van der Waals surface area contributed by atoms with Gasteiger partial charge in [0.2, 0.25) is 0 Å². The lowest BCUT2D eigenvalue weighted by Gasteiger charge is -2.13. The maximum Gasteiger partial charge on any atom is 0.298 e. The van der Waals surface area contributed by atoms with E-state index in [0.29, 0.717) is 23.7 Å². The van der Waals surface area contributed by atoms with Gasteiger partial charge in [0.15, 0.2) is 11.5 Å². The summed E-state index contributed by atoms with van der Waals surface area (Å²) in [5.74, 6) is 0.0211. The smallest absolute Gasteiger partial charge is 0.298 e. The summed E-state index contributed by atoms with van der Waals surface area (Å²) in [6.45, 7) is 2.82. The molecule has 1 aliphatic heterocycles. The van der Waals surface area contributed by atoms with Crippen molar-refractivity contribution in [3.63, 3.8) is 0 Å². The topological polar surface area (TPSA) is 55.8 Å². The number of carbonyl (C=O) groups excluding carboxylic acids is 2. The molecule has 1 heterocycles. The number of para-hydroxylation sites is 1. The van der Waals surface area contributed by atoms with Crippen LogP contribution in [0.1, 0.15) is 51.0 Å². The van der Waals surface area contributed by atoms with Crippen molar-refractivity contribution in [1.29, 1.82) is 0 Å². The molecule has 0 atom stereocenters. The first-order valence-electron chi connectivity index (χ1n) is 10.9. The summed E-state index contributed by atoms with van der Waals surface area (Å²) >= 11 is 0.782. The van der Waals surface area contributed by atoms with Gasteiger partial charge in [-0.2, -0.15) is 0 Å². The van der Waals surface area contributed by atoms with E-state index in [2.05, 4.69) is 6.92 Å². The van der Waals surface area contributed by atoms with Crippen LogP contribution in [0.3, 0.4) is 0 Å². The first kappa shape index (κ1) is 23.9. The lowest BCUT2D eigenvalue weighted by molar-refractivity contribution is -0.113. The molecule has 2 amide bonds. The molecule has 0 aromatic heterocycles. The van der Waals surface area contributed by atoms with Crippen LogP contribution in [-0.2, 0) is 4.79 Å². The second-order valence-corrected chi connectivity index (χ2v) is 8.49. The molecule has 0 N–H and O–H groups in total. The van der Waals surface area contributed by atoms with Gasteiger partial charge < -0.3 is 9.47 Å². The van der Waals surface area contributed by atoms with Gasteiger partial charge >= 0.3 is 0 Å². The Balaban J connectivity index is 1.66. The molecule has 0 radical (unpaired) electrons. The number of methoxy groups -OCH3 is 1. The molecule has 1 saturated heterocycles. The third-order valence-electron chi connectivity index (χ3n) is 5.13. The van der Waals surface area contributed by atoms with Crippen LogP contribution in [0, 0.1) is 5.82 Å². The number of anilines is 1. The van der Waals surface area contributed by atoms with Crippen molar-refractivity contribution in [1.82, 2.24) is 0 Å². The van der Waals surface area contributed by atoms with Gasteiger partial charge in [0, 0.05) is 0 Å². The van der Waals surface area contributed by atoms with Gasteiger partial charge in [0.25, 0.3) is 11.1 Å². The van der Waals surface area contributed by atoms with E-state index < -0.39 is 17.0 Å². The van der Waals surface area contributed by atoms with E-state index in [0.717, 1.165) is 29.5 Å². The van der Waals surface area contributed by atoms with Crippen LogP contribution in [0.5, 0.6) is 11.5 Å². The minimum atomic E-state index is -0.621. The lowest BCUT2D eigenvalue weighted by atomic mass is 10.1. The largest absolute Gasteiger partial charge is 0.493 e. The zero-order valence-corrected chi connectivity index (χ0v) is 19.3. The summed E-state index contributed by atoms with van der Waals surface area (Å²) in [6.07, 6.45) is 8.71. The van der Waals surface area contributed by atoms with Gasteiger partial charge in [0.1, 0.15) is 5.82 Å². The molecule has 170 valence electrons. The molecule has 32 heavy (non-hydrogen) atoms. The summed E-state index contributed by atoms with van der Waals surface area (Å²) in [4.78, 5) is 26.2. The molecule has 0 bridgehead atoms. The minimum Gasteiger partial charge on any atom is -0.493 e. The average Bonchev–Trinajstić information content (AvgIpc) is 3.06. The molecular formula is C25H28FNO4S. The number of hydrogen-bond donors (Lipinski definition) is 0. The van der Waals surface area contributed by atoms with E-state index in [1.54, 1.807) is 37.5 Å². The number of carbonyl (C=O) groups is 2. The number of benzene rings is 2. The fraction of sp³-hybridized carbons (Fsp3) is 0.360. The molecule has 1 aliphatic rings. The number of rotatable bonds is 11. The molecule has 0 spiro atoms. The molecule has 3 rings (SSSR count). The van der Waals surface area contributed by atoms with Gasteiger partial charge in [-0.25, -0.2) is 9.29 Å². The number of nitrogens with zero attached hydrogens (tertiary/aromatic N) is 1. The van der Waals surface area contributed by atoms with E-state index in [4.69, 9.17) is 9.47 Å². The Labute approximate surface area is 192 Å². The van der Waals surface area contributed by atoms with Crippen molar-refractivity contribution in [3.05, 3.63) is 58.8 Å². The predicted molar refractivity (Wildman–Crippen MR) is 127 cm³/mol. The molecule has 5 nitrogen and oxygen atoms in total. The monoisotopic (exact) mass is 457 g/mol. The molecule has 7 heteroatoms. The lowest BCUT2D eigenvalue weighted by Crippen LogP contribution is -2.28. The second kappa shape index (κ2) is 11.7. The summed E-state index contributed by atoms with van der Waals surface area (Å²) < 4.78 is 25.4. The Bertz CT molecular complexity index is 992. The Hall–Kier alpha value is -2.80. The Morgan fingerprint density at radius 3 is 2.50 bits per heavy atom. The molecule has 0 saturated carbocycles. The standard InChI is InChI=1S/C25H28FNO4S/c1-3-4-5-6-7-10-15-31-21-14-13-18(16-22(21)30-2)17-23-24(28)27(25(29)32-23)20-12-9-8-11-19(20)26/h8-9,11-14,16-17H,3-7,10,15H2,1-2H3/b23-17-. The fourth-order valence-electron chi connectivity index (χ4n) is 3.42. The number of amides is 2. The summed E-state index contributed by atoms with van der Waals surface area (Å²) in [7, 11) is 1.56. The average molecular weight is 458 g/mol. The number of unbranched alkanes of at least 4 members (excludes halogenated alkanes) is 5. The summed E-state index contributed by atoms with van der Waals surface area (Å²) in [5, 5.41) is -0.530. The quantitative estimate of drug-likeness (QED) is 0.274. The van der Waals surface area contributed by atoms with Crippen molar-refractivity contribution >= 4 is 34.7 Å². The molecule has 2 aromatic carbocycles. The SMILES string of the molecule is CCCCCCCCOc1ccc(/C=C2\SC(=O)N(c3ccccc3F)C2=O)cc1OC. The molecule has 0 unspecified atom stereocenters. The maximum absolute atomic E-state index is 14.1. The highest BCUT2D eigenvalue weighted by Gasteiger charge is 2.37. The molecule has 0 aliphatic carbocycles. The number of thioether (sulfide) groups is 1. The first-order chi connectivity index (χ1) is 15.5. The Morgan fingerprint density at radius 1 is 1.00 bits per heavy atom. The van der Waals surface area contributed by atoms with E-state index in [9.17, 15) is 14.0 Å². The zero-order valence-electron chi connectivity index (χ0n) is 18.4. The fourth-order valence-corrected chi connectivity index (χ4v) is 4.25. The molecule has 2 aromatic rings. The minimum absolute atomic E-state index is 0.0468. The van der Waals surface area contributed by atoms with Crippen LogP contribution in [0.25, 0.3) is 6.08 Å². The van der Waals surface area contributed by atoms with Crippen LogP contribution in [0.4, 0.5) is 14.9 Å². The van der Waals surface area contributed by atoms with E-state index in [1.165, 1.54) is 43.9 Å². The maximum atomic E-state index is 14.1. The first-order valence-corrected chi connectivity index (χ1v) is 11.7. The van der Waals surface area contributed by atoms with Gasteiger partial charge in [-0.3, -0.25) is 9.59 Å². The number of halogens is 1. The summed E-state index contributed by atoms with van der Waals surface area (Å²) in [5.41, 5.74) is 0.641. The summed E-state index contributed by atoms with van der Waals surface area (Å²) in [6, 6.07) is 11.1. The number of hydrogen-bond acceptors (Lipinski definition) is 5. The highest BCUT2D eigenvalue weighted by atomic mass is 32.2. The van der Waals surface area contributed by atoms with Crippen LogP contribution in [0.2, 0.25) is 0 Å². The van der Waals surface area contributed by atoms with Crippen LogP contribution in [0.15, 0.2) is 47.4 Å². The van der Waals surface area contributed by atoms with Gasteiger partial charge in [-0.1, -0.05) is 57.2 Å². The van der Waals surface area contributed by atoms with Crippen LogP contribution < -0.4 is 14.4 Å². The van der Waals surface area contributed by atoms with Gasteiger partial charge in [-0.15, -0.1) is 0 Å². The highest BCUT2D eigenvalue weighted by molar-refractivity contribution is 8.19. The molecule has 1 fully saturated rings. The van der Waals surface area contributed by atoms with Crippen molar-refractivity contribution in [2.45, 2.75) is 45.4 Å². The molecular weight excluding hydrogens is 429 g/mol. The highest BCUT2D eigenvalue weighted by Crippen LogP contribution is 2.37. The van der Waals surface area contributed by atoms with Crippen LogP contribution in [-0.4, -0.2) is 24.9 Å². The van der Waals surface area contributed by atoms with Crippen molar-refractivity contribution in [2.24, 2.45) is 0 Å². The van der Waals surface area contributed by atoms with E-state index >= 15 is 0 Å². The Morgan fingerprint density at radius 2 is 1.75 bits per heavy atom. The second-order valence-electron chi connectivity index (χ2n) is 7.50. The van der Waals surface area contributed by atoms with E-state index in [-0.39, 0.29) is 10.6 Å². The van der Waals surface area contributed by atoms with E-state index in [1.807, 2.05) is 0 Å². The normalized spacial score (nSPS) is 15.0. The Kier molecular flexibility index (Phi) is 8.73. The van der Waals surface area contributed by atoms with Gasteiger partial charge in [0.05, 0.1) is 24.3 Å². The number of imide groups is 1. The van der Waals surface area contributed by atoms with Crippen LogP contribution >= 0.6 is 11.8 Å². The van der Waals surface area contributed by atoms with Crippen molar-refractivity contribution < 1.29 is 23.5 Å². The van der Waals surface area contributed by atoms with Crippen molar-refractivity contribution in [2.75, 3.05) is 18.6 Å². The third-order valence-corrected chi connectivity index (χ3v) is 6.00. The van der Waals surface area contributed by atoms with Gasteiger partial charge in [-0.05, 0) is 54.1 Å². The predicted octanol–water partition coefficient (Wildman–Crippen LogP) is 6.81. The van der Waals surface area contributed by atoms with Crippen molar-refractivity contribution in [3.8, 4) is 11.5 Å². The zero-order chi connectivity index (χ0) is 22.9.